The topological polar surface area (TPSA) is 56.7 Å². The first-order valence-corrected chi connectivity index (χ1v) is 7.43. The van der Waals surface area contributed by atoms with E-state index in [9.17, 15) is 4.79 Å². The number of hydrogen-bond donors (Lipinski definition) is 2. The van der Waals surface area contributed by atoms with Gasteiger partial charge in [-0.05, 0) is 25.7 Å². The van der Waals surface area contributed by atoms with Crippen LogP contribution in [0.2, 0.25) is 0 Å². The third-order valence-corrected chi connectivity index (χ3v) is 3.05. The van der Waals surface area contributed by atoms with Gasteiger partial charge in [0.05, 0.1) is 0 Å². The number of nitrogens with one attached hydrogen (secondary N) is 2. The minimum atomic E-state index is 0. The molecule has 0 bridgehead atoms. The first-order chi connectivity index (χ1) is 9.13. The largest absolute Gasteiger partial charge is 0.357 e. The Labute approximate surface area is 140 Å². The molecule has 0 radical (unpaired) electrons. The van der Waals surface area contributed by atoms with E-state index in [4.69, 9.17) is 0 Å². The van der Waals surface area contributed by atoms with Gasteiger partial charge in [0.1, 0.15) is 0 Å². The van der Waals surface area contributed by atoms with Crippen molar-refractivity contribution in [2.75, 3.05) is 32.7 Å². The van der Waals surface area contributed by atoms with Crippen LogP contribution in [-0.2, 0) is 4.79 Å². The molecular weight excluding hydrogens is 367 g/mol. The Morgan fingerprint density at radius 2 is 1.90 bits per heavy atom. The molecule has 0 aliphatic carbocycles. The molecule has 1 saturated heterocycles. The van der Waals surface area contributed by atoms with Crippen molar-refractivity contribution < 1.29 is 4.79 Å². The van der Waals surface area contributed by atoms with Crippen molar-refractivity contribution in [2.45, 2.75) is 40.0 Å². The maximum absolute atomic E-state index is 11.9. The van der Waals surface area contributed by atoms with Crippen LogP contribution in [0.3, 0.4) is 0 Å². The van der Waals surface area contributed by atoms with Gasteiger partial charge >= 0.3 is 0 Å². The van der Waals surface area contributed by atoms with Gasteiger partial charge in [-0.2, -0.15) is 0 Å². The zero-order chi connectivity index (χ0) is 14.1. The Hall–Kier alpha value is -0.530. The average molecular weight is 396 g/mol. The van der Waals surface area contributed by atoms with Crippen LogP contribution in [0.4, 0.5) is 0 Å². The summed E-state index contributed by atoms with van der Waals surface area (Å²) >= 11 is 0. The SMILES string of the molecule is CCNC(=NCC(C)C)NCCC(=O)N1CCCC1.I. The molecule has 0 atom stereocenters. The molecule has 1 amide bonds. The summed E-state index contributed by atoms with van der Waals surface area (Å²) in [4.78, 5) is 18.3. The number of carbonyl (C=O) groups excluding carboxylic acids is 1. The molecule has 1 aliphatic heterocycles. The average Bonchev–Trinajstić information content (AvgIpc) is 2.89. The standard InChI is InChI=1S/C14H28N4O.HI/c1-4-15-14(17-11-12(2)3)16-8-7-13(19)18-9-5-6-10-18;/h12H,4-11H2,1-3H3,(H2,15,16,17);1H. The van der Waals surface area contributed by atoms with Gasteiger partial charge in [-0.3, -0.25) is 9.79 Å². The fraction of sp³-hybridized carbons (Fsp3) is 0.857. The highest BCUT2D eigenvalue weighted by molar-refractivity contribution is 14.0. The highest BCUT2D eigenvalue weighted by Crippen LogP contribution is 2.08. The van der Waals surface area contributed by atoms with Crippen LogP contribution in [-0.4, -0.2) is 49.5 Å². The van der Waals surface area contributed by atoms with E-state index in [1.54, 1.807) is 0 Å². The number of hydrogen-bond acceptors (Lipinski definition) is 2. The third-order valence-electron chi connectivity index (χ3n) is 3.05. The lowest BCUT2D eigenvalue weighted by Gasteiger charge is -2.16. The molecule has 1 fully saturated rings. The zero-order valence-corrected chi connectivity index (χ0v) is 15.3. The van der Waals surface area contributed by atoms with Crippen LogP contribution < -0.4 is 10.6 Å². The predicted octanol–water partition coefficient (Wildman–Crippen LogP) is 1.83. The summed E-state index contributed by atoms with van der Waals surface area (Å²) in [6.45, 7) is 10.5. The molecule has 0 unspecified atom stereocenters. The van der Waals surface area contributed by atoms with Crippen molar-refractivity contribution in [1.29, 1.82) is 0 Å². The van der Waals surface area contributed by atoms with Crippen molar-refractivity contribution in [3.8, 4) is 0 Å². The van der Waals surface area contributed by atoms with E-state index in [1.807, 2.05) is 11.8 Å². The Balaban J connectivity index is 0.00000361. The van der Waals surface area contributed by atoms with Gasteiger partial charge in [0.2, 0.25) is 5.91 Å². The predicted molar refractivity (Wildman–Crippen MR) is 94.7 cm³/mol. The molecule has 118 valence electrons. The molecule has 0 spiro atoms. The molecule has 0 aromatic heterocycles. The Bertz CT molecular complexity index is 302. The van der Waals surface area contributed by atoms with Crippen LogP contribution >= 0.6 is 24.0 Å². The number of carbonyl (C=O) groups is 1. The molecule has 1 aliphatic rings. The van der Waals surface area contributed by atoms with E-state index in [1.165, 1.54) is 0 Å². The number of rotatable bonds is 6. The lowest BCUT2D eigenvalue weighted by Crippen LogP contribution is -2.40. The minimum absolute atomic E-state index is 0. The summed E-state index contributed by atoms with van der Waals surface area (Å²) in [6.07, 6.45) is 2.85. The molecule has 0 aromatic carbocycles. The summed E-state index contributed by atoms with van der Waals surface area (Å²) in [7, 11) is 0. The lowest BCUT2D eigenvalue weighted by atomic mass is 10.2. The Morgan fingerprint density at radius 3 is 2.45 bits per heavy atom. The van der Waals surface area contributed by atoms with Crippen LogP contribution in [0.1, 0.15) is 40.0 Å². The van der Waals surface area contributed by atoms with Crippen molar-refractivity contribution in [1.82, 2.24) is 15.5 Å². The third kappa shape index (κ3) is 7.91. The van der Waals surface area contributed by atoms with E-state index in [0.29, 0.717) is 18.9 Å². The van der Waals surface area contributed by atoms with E-state index in [-0.39, 0.29) is 29.9 Å². The highest BCUT2D eigenvalue weighted by atomic mass is 127. The van der Waals surface area contributed by atoms with E-state index >= 15 is 0 Å². The van der Waals surface area contributed by atoms with E-state index in [0.717, 1.165) is 45.0 Å². The van der Waals surface area contributed by atoms with Gasteiger partial charge in [0, 0.05) is 39.1 Å². The smallest absolute Gasteiger partial charge is 0.224 e. The number of amides is 1. The molecule has 20 heavy (non-hydrogen) atoms. The van der Waals surface area contributed by atoms with Crippen molar-refractivity contribution in [3.63, 3.8) is 0 Å². The van der Waals surface area contributed by atoms with E-state index < -0.39 is 0 Å². The van der Waals surface area contributed by atoms with Crippen molar-refractivity contribution in [3.05, 3.63) is 0 Å². The molecule has 1 rings (SSSR count). The molecule has 0 aromatic rings. The van der Waals surface area contributed by atoms with Crippen LogP contribution in [0.15, 0.2) is 4.99 Å². The molecule has 1 heterocycles. The van der Waals surface area contributed by atoms with Gasteiger partial charge < -0.3 is 15.5 Å². The monoisotopic (exact) mass is 396 g/mol. The maximum Gasteiger partial charge on any atom is 0.224 e. The minimum Gasteiger partial charge on any atom is -0.357 e. The summed E-state index contributed by atoms with van der Waals surface area (Å²) in [6, 6.07) is 0. The quantitative estimate of drug-likeness (QED) is 0.409. The second-order valence-electron chi connectivity index (χ2n) is 5.38. The van der Waals surface area contributed by atoms with Gasteiger partial charge in [-0.1, -0.05) is 13.8 Å². The molecule has 0 saturated carbocycles. The van der Waals surface area contributed by atoms with Gasteiger partial charge in [0.25, 0.3) is 0 Å². The summed E-state index contributed by atoms with van der Waals surface area (Å²) in [5.41, 5.74) is 0. The van der Waals surface area contributed by atoms with Crippen molar-refractivity contribution >= 4 is 35.8 Å². The fourth-order valence-corrected chi connectivity index (χ4v) is 2.03. The highest BCUT2D eigenvalue weighted by Gasteiger charge is 2.17. The molecule has 2 N–H and O–H groups in total. The Kier molecular flexibility index (Phi) is 10.9. The molecular formula is C14H29IN4O. The normalized spacial score (nSPS) is 15.2. The zero-order valence-electron chi connectivity index (χ0n) is 12.9. The molecule has 6 heteroatoms. The summed E-state index contributed by atoms with van der Waals surface area (Å²) < 4.78 is 0. The molecule has 5 nitrogen and oxygen atoms in total. The number of halogens is 1. The van der Waals surface area contributed by atoms with Crippen LogP contribution in [0.5, 0.6) is 0 Å². The summed E-state index contributed by atoms with van der Waals surface area (Å²) in [5, 5.41) is 6.42. The second kappa shape index (κ2) is 11.2. The second-order valence-corrected chi connectivity index (χ2v) is 5.38. The summed E-state index contributed by atoms with van der Waals surface area (Å²) in [5.74, 6) is 1.61. The van der Waals surface area contributed by atoms with E-state index in [2.05, 4.69) is 29.5 Å². The van der Waals surface area contributed by atoms with Crippen LogP contribution in [0.25, 0.3) is 0 Å². The maximum atomic E-state index is 11.9. The van der Waals surface area contributed by atoms with Crippen LogP contribution in [0, 0.1) is 5.92 Å². The number of likely N-dealkylation sites (tertiary alicyclic amines) is 1. The van der Waals surface area contributed by atoms with Gasteiger partial charge in [0.15, 0.2) is 5.96 Å². The fourth-order valence-electron chi connectivity index (χ4n) is 2.03. The Morgan fingerprint density at radius 1 is 1.25 bits per heavy atom. The first kappa shape index (κ1) is 19.5. The first-order valence-electron chi connectivity index (χ1n) is 7.43. The number of nitrogens with zero attached hydrogens (tertiary/aromatic N) is 2. The number of guanidine groups is 1. The van der Waals surface area contributed by atoms with Crippen molar-refractivity contribution in [2.24, 2.45) is 10.9 Å². The number of aliphatic imine (C=N–C) groups is 1. The lowest BCUT2D eigenvalue weighted by molar-refractivity contribution is -0.129. The van der Waals surface area contributed by atoms with Gasteiger partial charge in [-0.25, -0.2) is 0 Å². The van der Waals surface area contributed by atoms with Gasteiger partial charge in [-0.15, -0.1) is 24.0 Å².